The van der Waals surface area contributed by atoms with Gasteiger partial charge < -0.3 is 5.32 Å². The molecule has 0 aliphatic heterocycles. The minimum Gasteiger partial charge on any atom is -0.383 e. The summed E-state index contributed by atoms with van der Waals surface area (Å²) in [6.07, 6.45) is 2.19. The Morgan fingerprint density at radius 2 is 1.88 bits per heavy atom. The van der Waals surface area contributed by atoms with Gasteiger partial charge in [0, 0.05) is 11.7 Å². The summed E-state index contributed by atoms with van der Waals surface area (Å²) in [6, 6.07) is 6.86. The zero-order valence-corrected chi connectivity index (χ0v) is 10.4. The van der Waals surface area contributed by atoms with E-state index in [0.29, 0.717) is 6.04 Å². The van der Waals surface area contributed by atoms with Crippen LogP contribution in [0.15, 0.2) is 29.2 Å². The first-order valence-corrected chi connectivity index (χ1v) is 6.87. The highest BCUT2D eigenvalue weighted by Crippen LogP contribution is 2.14. The van der Waals surface area contributed by atoms with Gasteiger partial charge in [0.25, 0.3) is 0 Å². The van der Waals surface area contributed by atoms with Crippen LogP contribution in [0.1, 0.15) is 26.7 Å². The fourth-order valence-corrected chi connectivity index (χ4v) is 2.05. The molecule has 0 aromatic heterocycles. The van der Waals surface area contributed by atoms with Crippen molar-refractivity contribution in [1.29, 1.82) is 0 Å². The van der Waals surface area contributed by atoms with Gasteiger partial charge in [0.1, 0.15) is 0 Å². The lowest BCUT2D eigenvalue weighted by Gasteiger charge is -2.14. The van der Waals surface area contributed by atoms with Gasteiger partial charge in [-0.25, -0.2) is 13.6 Å². The number of primary sulfonamides is 1. The van der Waals surface area contributed by atoms with E-state index in [1.165, 1.54) is 12.1 Å². The van der Waals surface area contributed by atoms with Crippen LogP contribution in [-0.4, -0.2) is 14.5 Å². The van der Waals surface area contributed by atoms with Gasteiger partial charge in [0.2, 0.25) is 10.0 Å². The Morgan fingerprint density at radius 1 is 1.31 bits per heavy atom. The zero-order chi connectivity index (χ0) is 12.2. The van der Waals surface area contributed by atoms with Gasteiger partial charge in [-0.05, 0) is 37.6 Å². The van der Waals surface area contributed by atoms with Crippen LogP contribution in [-0.2, 0) is 10.0 Å². The van der Waals surface area contributed by atoms with Gasteiger partial charge in [-0.1, -0.05) is 13.3 Å². The third-order valence-electron chi connectivity index (χ3n) is 2.32. The fourth-order valence-electron chi connectivity index (χ4n) is 1.53. The van der Waals surface area contributed by atoms with Crippen molar-refractivity contribution in [3.63, 3.8) is 0 Å². The van der Waals surface area contributed by atoms with Gasteiger partial charge in [-0.15, -0.1) is 0 Å². The molecular formula is C11H18N2O2S. The Kier molecular flexibility index (Phi) is 4.32. The Morgan fingerprint density at radius 3 is 2.31 bits per heavy atom. The average Bonchev–Trinajstić information content (AvgIpc) is 2.17. The number of sulfonamides is 1. The molecule has 0 heterocycles. The number of anilines is 1. The number of rotatable bonds is 5. The maximum atomic E-state index is 11.0. The second-order valence-corrected chi connectivity index (χ2v) is 5.46. The number of nitrogens with two attached hydrogens (primary N) is 1. The largest absolute Gasteiger partial charge is 0.383 e. The Hall–Kier alpha value is -1.07. The van der Waals surface area contributed by atoms with Gasteiger partial charge in [-0.3, -0.25) is 0 Å². The summed E-state index contributed by atoms with van der Waals surface area (Å²) in [5.74, 6) is 0. The number of hydrogen-bond donors (Lipinski definition) is 2. The monoisotopic (exact) mass is 242 g/mol. The van der Waals surface area contributed by atoms with Crippen molar-refractivity contribution in [2.45, 2.75) is 37.6 Å². The molecule has 1 atom stereocenters. The molecule has 0 saturated heterocycles. The summed E-state index contributed by atoms with van der Waals surface area (Å²) in [4.78, 5) is 0.140. The first-order chi connectivity index (χ1) is 7.43. The van der Waals surface area contributed by atoms with E-state index in [9.17, 15) is 8.42 Å². The standard InChI is InChI=1S/C11H18N2O2S/c1-3-4-9(2)13-10-5-7-11(8-6-10)16(12,14)15/h5-9,13H,3-4H2,1-2H3,(H2,12,14,15). The molecule has 16 heavy (non-hydrogen) atoms. The van der Waals surface area contributed by atoms with E-state index in [4.69, 9.17) is 5.14 Å². The summed E-state index contributed by atoms with van der Waals surface area (Å²) in [7, 11) is -3.59. The van der Waals surface area contributed by atoms with Gasteiger partial charge >= 0.3 is 0 Å². The molecule has 4 nitrogen and oxygen atoms in total. The maximum Gasteiger partial charge on any atom is 0.238 e. The minimum absolute atomic E-state index is 0.140. The highest BCUT2D eigenvalue weighted by Gasteiger charge is 2.07. The molecule has 0 fully saturated rings. The topological polar surface area (TPSA) is 72.2 Å². The Bertz CT molecular complexity index is 426. The van der Waals surface area contributed by atoms with E-state index in [0.717, 1.165) is 18.5 Å². The Balaban J connectivity index is 2.72. The van der Waals surface area contributed by atoms with Crippen molar-refractivity contribution < 1.29 is 8.42 Å². The van der Waals surface area contributed by atoms with Crippen LogP contribution in [0.5, 0.6) is 0 Å². The Labute approximate surface area is 96.9 Å². The lowest BCUT2D eigenvalue weighted by atomic mass is 10.2. The number of benzene rings is 1. The molecule has 0 aliphatic carbocycles. The predicted molar refractivity (Wildman–Crippen MR) is 65.8 cm³/mol. The van der Waals surface area contributed by atoms with Crippen molar-refractivity contribution in [2.75, 3.05) is 5.32 Å². The molecule has 1 aromatic carbocycles. The van der Waals surface area contributed by atoms with E-state index < -0.39 is 10.0 Å². The predicted octanol–water partition coefficient (Wildman–Crippen LogP) is 1.93. The van der Waals surface area contributed by atoms with Crippen LogP contribution in [0.2, 0.25) is 0 Å². The molecule has 0 amide bonds. The second-order valence-electron chi connectivity index (χ2n) is 3.90. The minimum atomic E-state index is -3.59. The molecule has 0 spiro atoms. The van der Waals surface area contributed by atoms with E-state index >= 15 is 0 Å². The smallest absolute Gasteiger partial charge is 0.238 e. The summed E-state index contributed by atoms with van der Waals surface area (Å²) in [6.45, 7) is 4.22. The van der Waals surface area contributed by atoms with Crippen LogP contribution in [0, 0.1) is 0 Å². The molecule has 1 unspecified atom stereocenters. The van der Waals surface area contributed by atoms with Gasteiger partial charge in [0.15, 0.2) is 0 Å². The van der Waals surface area contributed by atoms with Gasteiger partial charge in [0.05, 0.1) is 4.90 Å². The molecule has 1 aromatic rings. The quantitative estimate of drug-likeness (QED) is 0.828. The first kappa shape index (κ1) is 13.0. The van der Waals surface area contributed by atoms with E-state index in [1.54, 1.807) is 12.1 Å². The summed E-state index contributed by atoms with van der Waals surface area (Å²) in [5.41, 5.74) is 0.911. The van der Waals surface area contributed by atoms with E-state index in [1.807, 2.05) is 0 Å². The van der Waals surface area contributed by atoms with Crippen molar-refractivity contribution in [3.05, 3.63) is 24.3 Å². The third-order valence-corrected chi connectivity index (χ3v) is 3.25. The van der Waals surface area contributed by atoms with Crippen LogP contribution in [0.4, 0.5) is 5.69 Å². The molecule has 0 saturated carbocycles. The summed E-state index contributed by atoms with van der Waals surface area (Å²) < 4.78 is 22.1. The lowest BCUT2D eigenvalue weighted by Crippen LogP contribution is -2.15. The second kappa shape index (κ2) is 5.32. The third kappa shape index (κ3) is 3.83. The lowest BCUT2D eigenvalue weighted by molar-refractivity contribution is 0.598. The van der Waals surface area contributed by atoms with Crippen LogP contribution < -0.4 is 10.5 Å². The average molecular weight is 242 g/mol. The molecule has 1 rings (SSSR count). The maximum absolute atomic E-state index is 11.0. The number of nitrogens with one attached hydrogen (secondary N) is 1. The molecule has 0 radical (unpaired) electrons. The van der Waals surface area contributed by atoms with Crippen molar-refractivity contribution in [2.24, 2.45) is 5.14 Å². The molecular weight excluding hydrogens is 224 g/mol. The zero-order valence-electron chi connectivity index (χ0n) is 9.60. The van der Waals surface area contributed by atoms with Crippen LogP contribution in [0.25, 0.3) is 0 Å². The summed E-state index contributed by atoms with van der Waals surface area (Å²) in [5, 5.41) is 8.29. The molecule has 5 heteroatoms. The fraction of sp³-hybridized carbons (Fsp3) is 0.455. The van der Waals surface area contributed by atoms with Crippen LogP contribution in [0.3, 0.4) is 0 Å². The van der Waals surface area contributed by atoms with Crippen LogP contribution >= 0.6 is 0 Å². The number of hydrogen-bond acceptors (Lipinski definition) is 3. The molecule has 0 aliphatic rings. The van der Waals surface area contributed by atoms with Crippen molar-refractivity contribution in [1.82, 2.24) is 0 Å². The first-order valence-electron chi connectivity index (χ1n) is 5.33. The highest BCUT2D eigenvalue weighted by atomic mass is 32.2. The SMILES string of the molecule is CCCC(C)Nc1ccc(S(N)(=O)=O)cc1. The van der Waals surface area contributed by atoms with Gasteiger partial charge in [-0.2, -0.15) is 0 Å². The van der Waals surface area contributed by atoms with E-state index in [-0.39, 0.29) is 4.90 Å². The highest BCUT2D eigenvalue weighted by molar-refractivity contribution is 7.89. The molecule has 3 N–H and O–H groups in total. The van der Waals surface area contributed by atoms with E-state index in [2.05, 4.69) is 19.2 Å². The molecule has 0 bridgehead atoms. The van der Waals surface area contributed by atoms with Crippen molar-refractivity contribution in [3.8, 4) is 0 Å². The van der Waals surface area contributed by atoms with Crippen molar-refractivity contribution >= 4 is 15.7 Å². The molecule has 90 valence electrons. The summed E-state index contributed by atoms with van der Waals surface area (Å²) >= 11 is 0. The normalized spacial score (nSPS) is 13.4.